The molecule has 138 valence electrons. The van der Waals surface area contributed by atoms with Crippen molar-refractivity contribution < 1.29 is 19.1 Å². The fourth-order valence-corrected chi connectivity index (χ4v) is 2.31. The Morgan fingerprint density at radius 2 is 1.73 bits per heavy atom. The quantitative estimate of drug-likeness (QED) is 0.863. The van der Waals surface area contributed by atoms with Crippen LogP contribution >= 0.6 is 0 Å². The summed E-state index contributed by atoms with van der Waals surface area (Å²) in [5.74, 6) is 0.586. The van der Waals surface area contributed by atoms with E-state index < -0.39 is 6.10 Å². The van der Waals surface area contributed by atoms with Gasteiger partial charge in [-0.2, -0.15) is 0 Å². The van der Waals surface area contributed by atoms with Crippen molar-refractivity contribution in [2.75, 3.05) is 26.5 Å². The molecule has 0 saturated heterocycles. The number of nitrogens with one attached hydrogen (secondary N) is 1. The summed E-state index contributed by atoms with van der Waals surface area (Å²) in [5, 5.41) is 2.77. The van der Waals surface area contributed by atoms with Gasteiger partial charge in [0.15, 0.2) is 6.10 Å². The lowest BCUT2D eigenvalue weighted by atomic mass is 10.1. The lowest BCUT2D eigenvalue weighted by Gasteiger charge is -2.17. The maximum absolute atomic E-state index is 12.5. The Balaban J connectivity index is 2.14. The molecule has 26 heavy (non-hydrogen) atoms. The van der Waals surface area contributed by atoms with Gasteiger partial charge in [-0.3, -0.25) is 9.59 Å². The van der Waals surface area contributed by atoms with Crippen molar-refractivity contribution in [3.63, 3.8) is 0 Å². The fourth-order valence-electron chi connectivity index (χ4n) is 2.31. The number of anilines is 1. The molecule has 2 aromatic carbocycles. The van der Waals surface area contributed by atoms with Crippen LogP contribution in [0.25, 0.3) is 0 Å². The number of carbonyl (C=O) groups excluding carboxylic acids is 2. The molecule has 0 radical (unpaired) electrons. The van der Waals surface area contributed by atoms with Crippen molar-refractivity contribution >= 4 is 17.5 Å². The van der Waals surface area contributed by atoms with Gasteiger partial charge in [0.2, 0.25) is 0 Å². The number of nitrogens with zero attached hydrogens (tertiary/aromatic N) is 1. The monoisotopic (exact) mass is 356 g/mol. The molecule has 1 atom stereocenters. The van der Waals surface area contributed by atoms with Crippen LogP contribution in [-0.2, 0) is 4.79 Å². The number of rotatable bonds is 6. The molecular weight excluding hydrogens is 332 g/mol. The van der Waals surface area contributed by atoms with E-state index in [9.17, 15) is 9.59 Å². The summed E-state index contributed by atoms with van der Waals surface area (Å²) in [6.07, 6.45) is -0.712. The Morgan fingerprint density at radius 1 is 1.08 bits per heavy atom. The predicted molar refractivity (Wildman–Crippen MR) is 101 cm³/mol. The smallest absolute Gasteiger partial charge is 0.265 e. The van der Waals surface area contributed by atoms with Gasteiger partial charge in [-0.1, -0.05) is 17.7 Å². The second-order valence-electron chi connectivity index (χ2n) is 6.18. The van der Waals surface area contributed by atoms with Gasteiger partial charge in [0.1, 0.15) is 11.5 Å². The average molecular weight is 356 g/mol. The van der Waals surface area contributed by atoms with Crippen molar-refractivity contribution in [1.82, 2.24) is 4.90 Å². The summed E-state index contributed by atoms with van der Waals surface area (Å²) in [7, 11) is 4.84. The number of aryl methyl sites for hydroxylation is 1. The van der Waals surface area contributed by atoms with Gasteiger partial charge in [-0.15, -0.1) is 0 Å². The summed E-state index contributed by atoms with van der Waals surface area (Å²) < 4.78 is 10.9. The lowest BCUT2D eigenvalue weighted by molar-refractivity contribution is -0.122. The highest BCUT2D eigenvalue weighted by molar-refractivity contribution is 5.99. The third-order valence-electron chi connectivity index (χ3n) is 3.81. The number of carbonyl (C=O) groups is 2. The first kappa shape index (κ1) is 19.3. The third-order valence-corrected chi connectivity index (χ3v) is 3.81. The standard InChI is InChI=1S/C20H24N2O4/c1-13-6-9-16(10-7-13)26-14(2)19(23)21-17-12-15(20(24)22(3)4)8-11-18(17)25-5/h6-12,14H,1-5H3,(H,21,23). The van der Waals surface area contributed by atoms with Crippen molar-refractivity contribution in [2.24, 2.45) is 0 Å². The zero-order valence-electron chi connectivity index (χ0n) is 15.7. The molecule has 6 heteroatoms. The summed E-state index contributed by atoms with van der Waals surface area (Å²) >= 11 is 0. The van der Waals surface area contributed by atoms with Crippen LogP contribution < -0.4 is 14.8 Å². The van der Waals surface area contributed by atoms with Crippen LogP contribution in [0.1, 0.15) is 22.8 Å². The molecule has 2 amide bonds. The molecule has 0 saturated carbocycles. The van der Waals surface area contributed by atoms with Crippen molar-refractivity contribution in [2.45, 2.75) is 20.0 Å². The molecule has 0 spiro atoms. The van der Waals surface area contributed by atoms with Gasteiger partial charge >= 0.3 is 0 Å². The molecule has 6 nitrogen and oxygen atoms in total. The minimum atomic E-state index is -0.712. The van der Waals surface area contributed by atoms with Crippen LogP contribution in [0.2, 0.25) is 0 Å². The predicted octanol–water partition coefficient (Wildman–Crippen LogP) is 3.11. The number of hydrogen-bond acceptors (Lipinski definition) is 4. The molecular formula is C20H24N2O4. The van der Waals surface area contributed by atoms with Crippen molar-refractivity contribution in [1.29, 1.82) is 0 Å². The topological polar surface area (TPSA) is 67.9 Å². The lowest BCUT2D eigenvalue weighted by Crippen LogP contribution is -2.30. The zero-order valence-corrected chi connectivity index (χ0v) is 15.7. The Kier molecular flexibility index (Phi) is 6.22. The minimum Gasteiger partial charge on any atom is -0.495 e. The summed E-state index contributed by atoms with van der Waals surface area (Å²) in [6.45, 7) is 3.64. The average Bonchev–Trinajstić information content (AvgIpc) is 2.62. The van der Waals surface area contributed by atoms with Crippen LogP contribution in [0.15, 0.2) is 42.5 Å². The van der Waals surface area contributed by atoms with Crippen LogP contribution in [0.5, 0.6) is 11.5 Å². The Bertz CT molecular complexity index is 785. The van der Waals surface area contributed by atoms with Gasteiger partial charge in [0.25, 0.3) is 11.8 Å². The molecule has 1 N–H and O–H groups in total. The largest absolute Gasteiger partial charge is 0.495 e. The first-order chi connectivity index (χ1) is 12.3. The van der Waals surface area contributed by atoms with E-state index in [1.54, 1.807) is 39.2 Å². The minimum absolute atomic E-state index is 0.160. The van der Waals surface area contributed by atoms with E-state index in [4.69, 9.17) is 9.47 Å². The number of methoxy groups -OCH3 is 1. The maximum atomic E-state index is 12.5. The molecule has 0 heterocycles. The summed E-state index contributed by atoms with van der Waals surface area (Å²) in [4.78, 5) is 26.1. The highest BCUT2D eigenvalue weighted by Crippen LogP contribution is 2.26. The van der Waals surface area contributed by atoms with Gasteiger partial charge in [-0.25, -0.2) is 0 Å². The fraction of sp³-hybridized carbons (Fsp3) is 0.300. The van der Waals surface area contributed by atoms with Crippen LogP contribution in [-0.4, -0.2) is 44.0 Å². The SMILES string of the molecule is COc1ccc(C(=O)N(C)C)cc1NC(=O)C(C)Oc1ccc(C)cc1. The second-order valence-corrected chi connectivity index (χ2v) is 6.18. The van der Waals surface area contributed by atoms with E-state index in [2.05, 4.69) is 5.32 Å². The molecule has 1 unspecified atom stereocenters. The molecule has 0 aliphatic rings. The molecule has 0 bridgehead atoms. The van der Waals surface area contributed by atoms with E-state index in [0.29, 0.717) is 22.7 Å². The number of ether oxygens (including phenoxy) is 2. The van der Waals surface area contributed by atoms with E-state index >= 15 is 0 Å². The number of benzene rings is 2. The van der Waals surface area contributed by atoms with Gasteiger partial charge in [-0.05, 0) is 44.2 Å². The van der Waals surface area contributed by atoms with Crippen molar-refractivity contribution in [3.8, 4) is 11.5 Å². The van der Waals surface area contributed by atoms with E-state index in [0.717, 1.165) is 5.56 Å². The first-order valence-corrected chi connectivity index (χ1v) is 8.25. The number of amides is 2. The molecule has 0 aromatic heterocycles. The molecule has 0 fully saturated rings. The van der Waals surface area contributed by atoms with Crippen LogP contribution in [0, 0.1) is 6.92 Å². The zero-order chi connectivity index (χ0) is 19.3. The molecule has 0 aliphatic heterocycles. The normalized spacial score (nSPS) is 11.4. The molecule has 0 aliphatic carbocycles. The summed E-state index contributed by atoms with van der Waals surface area (Å²) in [5.41, 5.74) is 1.99. The Labute approximate surface area is 153 Å². The Hall–Kier alpha value is -3.02. The Morgan fingerprint density at radius 3 is 2.31 bits per heavy atom. The van der Waals surface area contributed by atoms with Crippen molar-refractivity contribution in [3.05, 3.63) is 53.6 Å². The van der Waals surface area contributed by atoms with Gasteiger partial charge in [0.05, 0.1) is 12.8 Å². The van der Waals surface area contributed by atoms with E-state index in [1.807, 2.05) is 31.2 Å². The molecule has 2 rings (SSSR count). The first-order valence-electron chi connectivity index (χ1n) is 8.25. The maximum Gasteiger partial charge on any atom is 0.265 e. The van der Waals surface area contributed by atoms with E-state index in [-0.39, 0.29) is 11.8 Å². The number of hydrogen-bond donors (Lipinski definition) is 1. The highest BCUT2D eigenvalue weighted by Gasteiger charge is 2.18. The van der Waals surface area contributed by atoms with Gasteiger partial charge < -0.3 is 19.7 Å². The van der Waals surface area contributed by atoms with Gasteiger partial charge in [0, 0.05) is 19.7 Å². The van der Waals surface area contributed by atoms with E-state index in [1.165, 1.54) is 12.0 Å². The summed E-state index contributed by atoms with van der Waals surface area (Å²) in [6, 6.07) is 12.4. The van der Waals surface area contributed by atoms with Crippen LogP contribution in [0.4, 0.5) is 5.69 Å². The van der Waals surface area contributed by atoms with Crippen LogP contribution in [0.3, 0.4) is 0 Å². The highest BCUT2D eigenvalue weighted by atomic mass is 16.5. The molecule has 2 aromatic rings. The third kappa shape index (κ3) is 4.75. The second kappa shape index (κ2) is 8.38.